The van der Waals surface area contributed by atoms with E-state index in [1.165, 1.54) is 0 Å². The fourth-order valence-electron chi connectivity index (χ4n) is 1.98. The van der Waals surface area contributed by atoms with E-state index in [-0.39, 0.29) is 5.91 Å². The van der Waals surface area contributed by atoms with Gasteiger partial charge < -0.3 is 10.1 Å². The Bertz CT molecular complexity index is 767. The minimum absolute atomic E-state index is 0.279. The monoisotopic (exact) mass is 294 g/mol. The summed E-state index contributed by atoms with van der Waals surface area (Å²) in [6.07, 6.45) is 5.07. The van der Waals surface area contributed by atoms with Crippen LogP contribution in [0.15, 0.2) is 61.1 Å². The molecule has 0 spiro atoms. The summed E-state index contributed by atoms with van der Waals surface area (Å²) in [5, 5.41) is 6.93. The van der Waals surface area contributed by atoms with E-state index in [0.717, 1.165) is 11.4 Å². The number of nitrogens with zero attached hydrogens (tertiary/aromatic N) is 3. The molecule has 0 saturated carbocycles. The Kier molecular flexibility index (Phi) is 3.82. The molecule has 0 radical (unpaired) electrons. The number of pyridine rings is 1. The van der Waals surface area contributed by atoms with E-state index >= 15 is 0 Å². The molecule has 0 unspecified atom stereocenters. The maximum absolute atomic E-state index is 12.3. The molecule has 110 valence electrons. The zero-order valence-electron chi connectivity index (χ0n) is 11.9. The molecule has 0 saturated heterocycles. The minimum atomic E-state index is -0.279. The Morgan fingerprint density at radius 3 is 2.68 bits per heavy atom. The molecule has 0 aliphatic carbocycles. The highest BCUT2D eigenvalue weighted by Gasteiger charge is 2.09. The predicted octanol–water partition coefficient (Wildman–Crippen LogP) is 2.53. The third-order valence-corrected chi connectivity index (χ3v) is 3.09. The van der Waals surface area contributed by atoms with Crippen LogP contribution in [-0.4, -0.2) is 27.8 Å². The van der Waals surface area contributed by atoms with Crippen LogP contribution in [0, 0.1) is 0 Å². The van der Waals surface area contributed by atoms with Crippen molar-refractivity contribution in [3.05, 3.63) is 66.7 Å². The third kappa shape index (κ3) is 2.95. The lowest BCUT2D eigenvalue weighted by atomic mass is 10.2. The summed E-state index contributed by atoms with van der Waals surface area (Å²) in [5.74, 6) is 0.455. The summed E-state index contributed by atoms with van der Waals surface area (Å²) in [5.41, 5.74) is 1.78. The van der Waals surface area contributed by atoms with Crippen molar-refractivity contribution < 1.29 is 9.53 Å². The van der Waals surface area contributed by atoms with E-state index in [4.69, 9.17) is 4.74 Å². The lowest BCUT2D eigenvalue weighted by molar-refractivity contribution is 0.102. The Balaban J connectivity index is 1.78. The molecule has 2 heterocycles. The van der Waals surface area contributed by atoms with E-state index in [2.05, 4.69) is 15.4 Å². The number of amides is 1. The van der Waals surface area contributed by atoms with Crippen molar-refractivity contribution in [3.63, 3.8) is 0 Å². The first-order valence-corrected chi connectivity index (χ1v) is 6.68. The van der Waals surface area contributed by atoms with Crippen LogP contribution in [0.25, 0.3) is 5.69 Å². The Morgan fingerprint density at radius 2 is 2.00 bits per heavy atom. The topological polar surface area (TPSA) is 69.0 Å². The second kappa shape index (κ2) is 6.09. The van der Waals surface area contributed by atoms with Crippen LogP contribution in [0.2, 0.25) is 0 Å². The van der Waals surface area contributed by atoms with Gasteiger partial charge in [-0.3, -0.25) is 9.78 Å². The van der Waals surface area contributed by atoms with Crippen LogP contribution in [0.3, 0.4) is 0 Å². The Labute approximate surface area is 127 Å². The third-order valence-electron chi connectivity index (χ3n) is 3.09. The molecule has 22 heavy (non-hydrogen) atoms. The molecule has 0 aliphatic heterocycles. The van der Waals surface area contributed by atoms with Crippen molar-refractivity contribution in [1.82, 2.24) is 14.8 Å². The molecular formula is C16H14N4O2. The molecule has 0 aliphatic rings. The summed E-state index contributed by atoms with van der Waals surface area (Å²) >= 11 is 0. The molecule has 0 atom stereocenters. The van der Waals surface area contributed by atoms with Crippen molar-refractivity contribution >= 4 is 11.6 Å². The van der Waals surface area contributed by atoms with Gasteiger partial charge in [0, 0.05) is 24.3 Å². The summed E-state index contributed by atoms with van der Waals surface area (Å²) in [6, 6.07) is 12.4. The highest BCUT2D eigenvalue weighted by atomic mass is 16.5. The maximum atomic E-state index is 12.3. The van der Waals surface area contributed by atoms with Crippen molar-refractivity contribution in [2.24, 2.45) is 0 Å². The second-order valence-electron chi connectivity index (χ2n) is 4.53. The van der Waals surface area contributed by atoms with Crippen LogP contribution in [0.1, 0.15) is 10.5 Å². The minimum Gasteiger partial charge on any atom is -0.497 e. The average Bonchev–Trinajstić information content (AvgIpc) is 3.10. The number of anilines is 1. The Hall–Kier alpha value is -3.15. The standard InChI is InChI=1S/C16H14N4O2/c1-22-14-5-3-12(4-6-14)19-16(21)15-11-13(7-9-17-15)20-10-2-8-18-20/h2-11H,1H3,(H,19,21). The zero-order chi connectivity index (χ0) is 15.4. The van der Waals surface area contributed by atoms with Crippen molar-refractivity contribution in [2.45, 2.75) is 0 Å². The smallest absolute Gasteiger partial charge is 0.274 e. The molecule has 1 amide bonds. The van der Waals surface area contributed by atoms with Crippen LogP contribution in [0.5, 0.6) is 5.75 Å². The number of hydrogen-bond acceptors (Lipinski definition) is 4. The molecule has 0 fully saturated rings. The van der Waals surface area contributed by atoms with Gasteiger partial charge >= 0.3 is 0 Å². The van der Waals surface area contributed by atoms with Crippen molar-refractivity contribution in [2.75, 3.05) is 12.4 Å². The van der Waals surface area contributed by atoms with Gasteiger partial charge in [-0.05, 0) is 42.5 Å². The van der Waals surface area contributed by atoms with Gasteiger partial charge in [0.25, 0.3) is 5.91 Å². The van der Waals surface area contributed by atoms with Gasteiger partial charge in [0.1, 0.15) is 11.4 Å². The number of carbonyl (C=O) groups is 1. The van der Waals surface area contributed by atoms with E-state index in [1.807, 2.05) is 6.07 Å². The van der Waals surface area contributed by atoms with E-state index in [1.54, 1.807) is 66.8 Å². The second-order valence-corrected chi connectivity index (χ2v) is 4.53. The van der Waals surface area contributed by atoms with Gasteiger partial charge in [-0.15, -0.1) is 0 Å². The van der Waals surface area contributed by atoms with E-state index in [0.29, 0.717) is 11.4 Å². The fraction of sp³-hybridized carbons (Fsp3) is 0.0625. The number of carbonyl (C=O) groups excluding carboxylic acids is 1. The summed E-state index contributed by atoms with van der Waals surface area (Å²) < 4.78 is 6.75. The van der Waals surface area contributed by atoms with Crippen LogP contribution in [-0.2, 0) is 0 Å². The fourth-order valence-corrected chi connectivity index (χ4v) is 1.98. The normalized spacial score (nSPS) is 10.2. The van der Waals surface area contributed by atoms with E-state index in [9.17, 15) is 4.79 Å². The first-order chi connectivity index (χ1) is 10.8. The van der Waals surface area contributed by atoms with E-state index < -0.39 is 0 Å². The Morgan fingerprint density at radius 1 is 1.18 bits per heavy atom. The zero-order valence-corrected chi connectivity index (χ0v) is 11.9. The molecule has 3 aromatic rings. The van der Waals surface area contributed by atoms with Gasteiger partial charge in [-0.2, -0.15) is 5.10 Å². The lowest BCUT2D eigenvalue weighted by Gasteiger charge is -2.07. The van der Waals surface area contributed by atoms with Gasteiger partial charge in [0.15, 0.2) is 0 Å². The molecule has 6 heteroatoms. The lowest BCUT2D eigenvalue weighted by Crippen LogP contribution is -2.14. The highest BCUT2D eigenvalue weighted by molar-refractivity contribution is 6.03. The summed E-state index contributed by atoms with van der Waals surface area (Å²) in [4.78, 5) is 16.4. The van der Waals surface area contributed by atoms with Crippen molar-refractivity contribution in [1.29, 1.82) is 0 Å². The maximum Gasteiger partial charge on any atom is 0.274 e. The average molecular weight is 294 g/mol. The van der Waals surface area contributed by atoms with Crippen molar-refractivity contribution in [3.8, 4) is 11.4 Å². The predicted molar refractivity (Wildman–Crippen MR) is 82.3 cm³/mol. The number of nitrogens with one attached hydrogen (secondary N) is 1. The number of ether oxygens (including phenoxy) is 1. The highest BCUT2D eigenvalue weighted by Crippen LogP contribution is 2.16. The molecule has 1 N–H and O–H groups in total. The number of methoxy groups -OCH3 is 1. The van der Waals surface area contributed by atoms with Crippen LogP contribution < -0.4 is 10.1 Å². The first-order valence-electron chi connectivity index (χ1n) is 6.68. The molecule has 2 aromatic heterocycles. The SMILES string of the molecule is COc1ccc(NC(=O)c2cc(-n3cccn3)ccn2)cc1. The number of hydrogen-bond donors (Lipinski definition) is 1. The largest absolute Gasteiger partial charge is 0.497 e. The van der Waals surface area contributed by atoms with Crippen LogP contribution >= 0.6 is 0 Å². The summed E-state index contributed by atoms with van der Waals surface area (Å²) in [6.45, 7) is 0. The number of benzene rings is 1. The summed E-state index contributed by atoms with van der Waals surface area (Å²) in [7, 11) is 1.60. The first kappa shape index (κ1) is 13.8. The number of rotatable bonds is 4. The van der Waals surface area contributed by atoms with Gasteiger partial charge in [-0.25, -0.2) is 4.68 Å². The van der Waals surface area contributed by atoms with Gasteiger partial charge in [-0.1, -0.05) is 0 Å². The molecular weight excluding hydrogens is 280 g/mol. The molecule has 6 nitrogen and oxygen atoms in total. The van der Waals surface area contributed by atoms with Gasteiger partial charge in [0.05, 0.1) is 12.8 Å². The van der Waals surface area contributed by atoms with Crippen LogP contribution in [0.4, 0.5) is 5.69 Å². The molecule has 0 bridgehead atoms. The molecule has 1 aromatic carbocycles. The molecule has 3 rings (SSSR count). The van der Waals surface area contributed by atoms with Gasteiger partial charge in [0.2, 0.25) is 0 Å². The quantitative estimate of drug-likeness (QED) is 0.802. The number of aromatic nitrogens is 3.